The molecule has 34 heavy (non-hydrogen) atoms. The monoisotopic (exact) mass is 471 g/mol. The van der Waals surface area contributed by atoms with Crippen LogP contribution in [0.4, 0.5) is 14.5 Å². The van der Waals surface area contributed by atoms with Gasteiger partial charge in [-0.05, 0) is 62.0 Å². The summed E-state index contributed by atoms with van der Waals surface area (Å²) >= 11 is 0. The second-order valence-corrected chi connectivity index (χ2v) is 9.03. The van der Waals surface area contributed by atoms with Crippen LogP contribution in [0.5, 0.6) is 0 Å². The predicted molar refractivity (Wildman–Crippen MR) is 135 cm³/mol. The molecule has 0 amide bonds. The average Bonchev–Trinajstić information content (AvgIpc) is 2.86. The number of alkyl halides is 2. The number of allylic oxidation sites excluding steroid dienone is 1. The quantitative estimate of drug-likeness (QED) is 0.324. The van der Waals surface area contributed by atoms with E-state index < -0.39 is 6.43 Å². The molecule has 3 aliphatic heterocycles. The number of rotatable bonds is 6. The molecule has 0 unspecified atom stereocenters. The average molecular weight is 472 g/mol. The first kappa shape index (κ1) is 24.3. The topological polar surface area (TPSA) is 102 Å². The number of amidine groups is 1. The van der Waals surface area contributed by atoms with Crippen molar-refractivity contribution in [2.75, 3.05) is 44.7 Å². The van der Waals surface area contributed by atoms with Crippen molar-refractivity contribution < 1.29 is 8.78 Å². The third-order valence-electron chi connectivity index (χ3n) is 6.85. The molecule has 0 saturated carbocycles. The number of halogens is 2. The Labute approximate surface area is 200 Å². The number of nitrogens with zero attached hydrogens (tertiary/aromatic N) is 2. The number of aryl methyl sites for hydroxylation is 1. The summed E-state index contributed by atoms with van der Waals surface area (Å²) in [5, 5.41) is 19.6. The first-order valence-electron chi connectivity index (χ1n) is 12.1. The third kappa shape index (κ3) is 5.15. The van der Waals surface area contributed by atoms with E-state index in [1.807, 2.05) is 4.90 Å². The van der Waals surface area contributed by atoms with Crippen LogP contribution in [0, 0.1) is 5.41 Å². The second-order valence-electron chi connectivity index (χ2n) is 9.03. The first-order valence-corrected chi connectivity index (χ1v) is 12.1. The zero-order chi connectivity index (χ0) is 24.1. The summed E-state index contributed by atoms with van der Waals surface area (Å²) < 4.78 is 28.2. The molecule has 6 N–H and O–H groups in total. The van der Waals surface area contributed by atoms with E-state index in [0.717, 1.165) is 68.6 Å². The maximum Gasteiger partial charge on any atom is 0.264 e. The third-order valence-corrected chi connectivity index (χ3v) is 6.85. The van der Waals surface area contributed by atoms with Gasteiger partial charge in [-0.25, -0.2) is 8.78 Å². The largest absolute Gasteiger partial charge is 0.404 e. The molecular formula is C25H35F2N7. The Morgan fingerprint density at radius 2 is 2.03 bits per heavy atom. The molecule has 1 fully saturated rings. The van der Waals surface area contributed by atoms with Crippen LogP contribution in [0.25, 0.3) is 5.57 Å². The molecule has 1 aromatic carbocycles. The molecule has 0 radical (unpaired) electrons. The number of nitrogens with two attached hydrogens (primary N) is 1. The maximum atomic E-state index is 14.1. The lowest BCUT2D eigenvalue weighted by Crippen LogP contribution is -2.45. The lowest BCUT2D eigenvalue weighted by Gasteiger charge is -2.36. The molecule has 9 heteroatoms. The van der Waals surface area contributed by atoms with Gasteiger partial charge in [-0.2, -0.15) is 0 Å². The van der Waals surface area contributed by atoms with Gasteiger partial charge in [0, 0.05) is 79.7 Å². The molecule has 0 aromatic heterocycles. The van der Waals surface area contributed by atoms with Crippen LogP contribution in [0.1, 0.15) is 48.8 Å². The van der Waals surface area contributed by atoms with E-state index in [9.17, 15) is 8.78 Å². The van der Waals surface area contributed by atoms with E-state index >= 15 is 0 Å². The fourth-order valence-electron chi connectivity index (χ4n) is 5.10. The maximum absolute atomic E-state index is 14.1. The van der Waals surface area contributed by atoms with Gasteiger partial charge in [-0.1, -0.05) is 0 Å². The molecule has 3 aliphatic rings. The van der Waals surface area contributed by atoms with Crippen molar-refractivity contribution >= 4 is 23.3 Å². The summed E-state index contributed by atoms with van der Waals surface area (Å²) in [4.78, 5) is 5.87. The minimum absolute atomic E-state index is 0.0844. The first-order chi connectivity index (χ1) is 16.5. The molecule has 1 aromatic rings. The van der Waals surface area contributed by atoms with E-state index in [4.69, 9.17) is 11.1 Å². The molecule has 3 heterocycles. The van der Waals surface area contributed by atoms with E-state index in [-0.39, 0.29) is 5.56 Å². The van der Waals surface area contributed by atoms with Gasteiger partial charge in [0.05, 0.1) is 0 Å². The van der Waals surface area contributed by atoms with Crippen LogP contribution < -0.4 is 26.6 Å². The van der Waals surface area contributed by atoms with Crippen molar-refractivity contribution in [3.8, 4) is 0 Å². The van der Waals surface area contributed by atoms with Crippen molar-refractivity contribution in [2.45, 2.75) is 44.6 Å². The zero-order valence-electron chi connectivity index (χ0n) is 19.8. The highest BCUT2D eigenvalue weighted by atomic mass is 19.3. The number of benzene rings is 1. The Kier molecular flexibility index (Phi) is 7.95. The molecule has 4 rings (SSSR count). The minimum Gasteiger partial charge on any atom is -0.404 e. The van der Waals surface area contributed by atoms with Crippen molar-refractivity contribution in [1.82, 2.24) is 16.0 Å². The van der Waals surface area contributed by atoms with Gasteiger partial charge < -0.3 is 26.6 Å². The van der Waals surface area contributed by atoms with E-state index in [0.29, 0.717) is 41.8 Å². The van der Waals surface area contributed by atoms with E-state index in [1.165, 1.54) is 12.4 Å². The smallest absolute Gasteiger partial charge is 0.264 e. The highest BCUT2D eigenvalue weighted by molar-refractivity contribution is 6.12. The minimum atomic E-state index is -2.66. The van der Waals surface area contributed by atoms with Crippen LogP contribution in [0.3, 0.4) is 0 Å². The molecular weight excluding hydrogens is 436 g/mol. The van der Waals surface area contributed by atoms with Gasteiger partial charge in [0.15, 0.2) is 0 Å². The SMILES string of the molecule is CN=C/C(=C\N)c1cc2c(cc1C(F)F)N(C(=N)C1=C(NC3CCNCC3)CCNC1)CCC2. The lowest BCUT2D eigenvalue weighted by molar-refractivity contribution is 0.151. The normalized spacial score (nSPS) is 20.2. The van der Waals surface area contributed by atoms with Crippen LogP contribution >= 0.6 is 0 Å². The Balaban J connectivity index is 1.69. The van der Waals surface area contributed by atoms with Gasteiger partial charge in [-0.15, -0.1) is 0 Å². The molecule has 0 aliphatic carbocycles. The van der Waals surface area contributed by atoms with Crippen LogP contribution in [-0.2, 0) is 6.42 Å². The molecule has 7 nitrogen and oxygen atoms in total. The van der Waals surface area contributed by atoms with E-state index in [1.54, 1.807) is 19.2 Å². The number of aliphatic imine (C=N–C) groups is 1. The number of hydrogen-bond acceptors (Lipinski definition) is 6. The standard InChI is InChI=1S/C25H35F2N7/c1-30-14-17(13-28)19-11-16-3-2-10-34(23(16)12-20(19)24(26)27)25(29)21-15-32-9-6-22(21)33-18-4-7-31-8-5-18/h11-14,18,24,29,31-33H,2-10,15,28H2,1H3/b17-13+,29-25?,30-14?. The van der Waals surface area contributed by atoms with Crippen LogP contribution in [0.15, 0.2) is 34.6 Å². The Morgan fingerprint density at radius 1 is 1.24 bits per heavy atom. The molecule has 0 spiro atoms. The van der Waals surface area contributed by atoms with Gasteiger partial charge in [0.1, 0.15) is 5.84 Å². The van der Waals surface area contributed by atoms with Crippen molar-refractivity contribution in [3.05, 3.63) is 46.3 Å². The summed E-state index contributed by atoms with van der Waals surface area (Å²) in [6.45, 7) is 4.10. The fourth-order valence-corrected chi connectivity index (χ4v) is 5.10. The summed E-state index contributed by atoms with van der Waals surface area (Å²) in [5.74, 6) is 0.391. The van der Waals surface area contributed by atoms with Crippen molar-refractivity contribution in [1.29, 1.82) is 5.41 Å². The number of fused-ring (bicyclic) bond motifs is 1. The number of anilines is 1. The number of nitrogens with one attached hydrogen (secondary N) is 4. The number of piperidine rings is 1. The van der Waals surface area contributed by atoms with Gasteiger partial charge >= 0.3 is 0 Å². The summed E-state index contributed by atoms with van der Waals surface area (Å²) in [5.41, 5.74) is 10.2. The zero-order valence-corrected chi connectivity index (χ0v) is 19.8. The highest BCUT2D eigenvalue weighted by Crippen LogP contribution is 2.37. The van der Waals surface area contributed by atoms with Gasteiger partial charge in [0.25, 0.3) is 6.43 Å². The molecule has 0 bridgehead atoms. The fraction of sp³-hybridized carbons (Fsp3) is 0.520. The number of hydrogen-bond donors (Lipinski definition) is 5. The lowest BCUT2D eigenvalue weighted by atomic mass is 9.91. The Hall–Kier alpha value is -2.78. The predicted octanol–water partition coefficient (Wildman–Crippen LogP) is 2.94. The summed E-state index contributed by atoms with van der Waals surface area (Å²) in [6.07, 6.45) is 4.74. The van der Waals surface area contributed by atoms with Crippen LogP contribution in [0.2, 0.25) is 0 Å². The summed E-state index contributed by atoms with van der Waals surface area (Å²) in [7, 11) is 1.59. The van der Waals surface area contributed by atoms with Crippen molar-refractivity contribution in [2.24, 2.45) is 10.7 Å². The highest BCUT2D eigenvalue weighted by Gasteiger charge is 2.29. The van der Waals surface area contributed by atoms with Crippen LogP contribution in [-0.4, -0.2) is 57.9 Å². The summed E-state index contributed by atoms with van der Waals surface area (Å²) in [6, 6.07) is 3.76. The molecule has 184 valence electrons. The Morgan fingerprint density at radius 3 is 2.74 bits per heavy atom. The molecule has 0 atom stereocenters. The van der Waals surface area contributed by atoms with Gasteiger partial charge in [0.2, 0.25) is 0 Å². The van der Waals surface area contributed by atoms with E-state index in [2.05, 4.69) is 20.9 Å². The molecule has 1 saturated heterocycles. The van der Waals surface area contributed by atoms with Gasteiger partial charge in [-0.3, -0.25) is 10.4 Å². The Bertz CT molecular complexity index is 993. The second kappa shape index (κ2) is 11.1. The van der Waals surface area contributed by atoms with Crippen molar-refractivity contribution in [3.63, 3.8) is 0 Å².